The molecule has 1 atom stereocenters. The SMILES string of the molecule is COc1cc2c(cc1OC)CN1CCc3cc(OC(=O)Cc4ccccc4)ccc3C1C2. The third-order valence-electron chi connectivity index (χ3n) is 6.50. The van der Waals surface area contributed by atoms with Crippen LogP contribution in [-0.2, 0) is 30.6 Å². The van der Waals surface area contributed by atoms with Crippen LogP contribution in [-0.4, -0.2) is 31.6 Å². The fourth-order valence-corrected chi connectivity index (χ4v) is 4.89. The number of benzene rings is 3. The molecule has 0 aromatic heterocycles. The average molecular weight is 430 g/mol. The molecule has 5 rings (SSSR count). The summed E-state index contributed by atoms with van der Waals surface area (Å²) in [6.07, 6.45) is 2.14. The van der Waals surface area contributed by atoms with E-state index >= 15 is 0 Å². The highest BCUT2D eigenvalue weighted by Crippen LogP contribution is 2.42. The second-order valence-electron chi connectivity index (χ2n) is 8.41. The van der Waals surface area contributed by atoms with E-state index in [9.17, 15) is 4.79 Å². The zero-order valence-electron chi connectivity index (χ0n) is 18.5. The molecule has 32 heavy (non-hydrogen) atoms. The Hall–Kier alpha value is -3.31. The topological polar surface area (TPSA) is 48.0 Å². The van der Waals surface area contributed by atoms with Crippen molar-refractivity contribution in [2.24, 2.45) is 0 Å². The summed E-state index contributed by atoms with van der Waals surface area (Å²) in [7, 11) is 3.35. The van der Waals surface area contributed by atoms with E-state index in [1.54, 1.807) is 14.2 Å². The number of rotatable bonds is 5. The molecule has 0 aliphatic carbocycles. The molecule has 164 valence electrons. The van der Waals surface area contributed by atoms with Gasteiger partial charge in [0.25, 0.3) is 0 Å². The monoisotopic (exact) mass is 429 g/mol. The Morgan fingerprint density at radius 1 is 0.938 bits per heavy atom. The number of carbonyl (C=O) groups excluding carboxylic acids is 1. The summed E-state index contributed by atoms with van der Waals surface area (Å²) in [6.45, 7) is 1.88. The summed E-state index contributed by atoms with van der Waals surface area (Å²) in [5.74, 6) is 1.95. The van der Waals surface area contributed by atoms with Crippen molar-refractivity contribution in [2.75, 3.05) is 20.8 Å². The highest BCUT2D eigenvalue weighted by atomic mass is 16.5. The zero-order valence-corrected chi connectivity index (χ0v) is 18.5. The molecule has 2 aliphatic heterocycles. The van der Waals surface area contributed by atoms with Crippen LogP contribution < -0.4 is 14.2 Å². The summed E-state index contributed by atoms with van der Waals surface area (Å²) in [4.78, 5) is 14.9. The highest BCUT2D eigenvalue weighted by molar-refractivity contribution is 5.75. The van der Waals surface area contributed by atoms with Gasteiger partial charge >= 0.3 is 5.97 Å². The Bertz CT molecular complexity index is 1140. The van der Waals surface area contributed by atoms with Crippen LogP contribution in [0.1, 0.15) is 33.9 Å². The van der Waals surface area contributed by atoms with Gasteiger partial charge in [0.2, 0.25) is 0 Å². The van der Waals surface area contributed by atoms with Crippen molar-refractivity contribution in [3.05, 3.63) is 88.5 Å². The summed E-state index contributed by atoms with van der Waals surface area (Å²) < 4.78 is 16.7. The number of hydrogen-bond acceptors (Lipinski definition) is 5. The molecule has 0 bridgehead atoms. The van der Waals surface area contributed by atoms with E-state index in [-0.39, 0.29) is 12.4 Å². The molecule has 3 aromatic carbocycles. The molecule has 5 nitrogen and oxygen atoms in total. The molecule has 0 N–H and O–H groups in total. The molecule has 3 aromatic rings. The molecule has 0 saturated heterocycles. The standard InChI is InChI=1S/C27H27NO4/c1-30-25-15-20-14-24-23-9-8-22(32-27(29)12-18-6-4-3-5-7-18)13-19(23)10-11-28(24)17-21(20)16-26(25)31-2/h3-9,13,15-16,24H,10-12,14,17H2,1-2H3. The second-order valence-corrected chi connectivity index (χ2v) is 8.41. The van der Waals surface area contributed by atoms with E-state index < -0.39 is 0 Å². The van der Waals surface area contributed by atoms with Gasteiger partial charge in [-0.15, -0.1) is 0 Å². The molecular weight excluding hydrogens is 402 g/mol. The smallest absolute Gasteiger partial charge is 0.315 e. The Labute approximate surface area is 188 Å². The predicted octanol–water partition coefficient (Wildman–Crippen LogP) is 4.51. The zero-order chi connectivity index (χ0) is 22.1. The molecular formula is C27H27NO4. The summed E-state index contributed by atoms with van der Waals surface area (Å²) in [6, 6.07) is 20.3. The van der Waals surface area contributed by atoms with Crippen LogP contribution in [0, 0.1) is 0 Å². The molecule has 5 heteroatoms. The lowest BCUT2D eigenvalue weighted by atomic mass is 9.84. The number of ether oxygens (including phenoxy) is 3. The average Bonchev–Trinajstić information content (AvgIpc) is 2.82. The van der Waals surface area contributed by atoms with Gasteiger partial charge in [0.05, 0.1) is 20.6 Å². The lowest BCUT2D eigenvalue weighted by Crippen LogP contribution is -2.39. The van der Waals surface area contributed by atoms with Crippen LogP contribution in [0.2, 0.25) is 0 Å². The van der Waals surface area contributed by atoms with Gasteiger partial charge in [-0.25, -0.2) is 0 Å². The molecule has 0 radical (unpaired) electrons. The Balaban J connectivity index is 1.35. The van der Waals surface area contributed by atoms with E-state index in [1.165, 1.54) is 22.3 Å². The number of hydrogen-bond donors (Lipinski definition) is 0. The van der Waals surface area contributed by atoms with Gasteiger partial charge in [-0.3, -0.25) is 9.69 Å². The number of esters is 1. The maximum Gasteiger partial charge on any atom is 0.315 e. The minimum atomic E-state index is -0.235. The number of carbonyl (C=O) groups is 1. The minimum absolute atomic E-state index is 0.235. The number of fused-ring (bicyclic) bond motifs is 4. The Kier molecular flexibility index (Phi) is 5.58. The van der Waals surface area contributed by atoms with Crippen molar-refractivity contribution in [3.8, 4) is 17.2 Å². The van der Waals surface area contributed by atoms with E-state index in [0.717, 1.165) is 43.0 Å². The first-order valence-electron chi connectivity index (χ1n) is 11.0. The lowest BCUT2D eigenvalue weighted by molar-refractivity contribution is -0.133. The van der Waals surface area contributed by atoms with Crippen LogP contribution in [0.25, 0.3) is 0 Å². The Morgan fingerprint density at radius 3 is 2.44 bits per heavy atom. The van der Waals surface area contributed by atoms with E-state index in [2.05, 4.69) is 23.1 Å². The first-order chi connectivity index (χ1) is 15.6. The summed E-state index contributed by atoms with van der Waals surface area (Å²) in [5.41, 5.74) is 6.14. The van der Waals surface area contributed by atoms with Gasteiger partial charge in [0.1, 0.15) is 5.75 Å². The quantitative estimate of drug-likeness (QED) is 0.441. The van der Waals surface area contributed by atoms with Crippen LogP contribution in [0.3, 0.4) is 0 Å². The summed E-state index contributed by atoms with van der Waals surface area (Å²) >= 11 is 0. The third-order valence-corrected chi connectivity index (χ3v) is 6.50. The van der Waals surface area contributed by atoms with Crippen LogP contribution in [0.15, 0.2) is 60.7 Å². The first kappa shape index (κ1) is 20.6. The first-order valence-corrected chi connectivity index (χ1v) is 11.0. The highest BCUT2D eigenvalue weighted by Gasteiger charge is 2.33. The fourth-order valence-electron chi connectivity index (χ4n) is 4.89. The Morgan fingerprint density at radius 2 is 1.69 bits per heavy atom. The van der Waals surface area contributed by atoms with Crippen LogP contribution in [0.4, 0.5) is 0 Å². The van der Waals surface area contributed by atoms with E-state index in [4.69, 9.17) is 14.2 Å². The van der Waals surface area contributed by atoms with E-state index in [0.29, 0.717) is 11.8 Å². The molecule has 0 fully saturated rings. The lowest BCUT2D eigenvalue weighted by Gasteiger charge is -2.41. The van der Waals surface area contributed by atoms with Gasteiger partial charge in [0.15, 0.2) is 11.5 Å². The van der Waals surface area contributed by atoms with Gasteiger partial charge in [0, 0.05) is 19.1 Å². The van der Waals surface area contributed by atoms with Crippen molar-refractivity contribution >= 4 is 5.97 Å². The largest absolute Gasteiger partial charge is 0.493 e. The van der Waals surface area contributed by atoms with Crippen molar-refractivity contribution in [1.82, 2.24) is 4.90 Å². The van der Waals surface area contributed by atoms with E-state index in [1.807, 2.05) is 42.5 Å². The van der Waals surface area contributed by atoms with Crippen LogP contribution in [0.5, 0.6) is 17.2 Å². The molecule has 1 unspecified atom stereocenters. The van der Waals surface area contributed by atoms with Crippen LogP contribution >= 0.6 is 0 Å². The second kappa shape index (κ2) is 8.67. The molecule has 2 heterocycles. The predicted molar refractivity (Wildman–Crippen MR) is 122 cm³/mol. The van der Waals surface area contributed by atoms with Crippen molar-refractivity contribution in [2.45, 2.75) is 31.8 Å². The van der Waals surface area contributed by atoms with Crippen molar-refractivity contribution < 1.29 is 19.0 Å². The maximum atomic E-state index is 12.4. The molecule has 0 spiro atoms. The van der Waals surface area contributed by atoms with Gasteiger partial charge in [-0.05, 0) is 64.9 Å². The molecule has 0 amide bonds. The van der Waals surface area contributed by atoms with Gasteiger partial charge in [-0.1, -0.05) is 36.4 Å². The van der Waals surface area contributed by atoms with Crippen molar-refractivity contribution in [1.29, 1.82) is 0 Å². The summed E-state index contributed by atoms with van der Waals surface area (Å²) in [5, 5.41) is 0. The molecule has 0 saturated carbocycles. The minimum Gasteiger partial charge on any atom is -0.493 e. The van der Waals surface area contributed by atoms with Crippen molar-refractivity contribution in [3.63, 3.8) is 0 Å². The normalized spacial score (nSPS) is 17.0. The van der Waals surface area contributed by atoms with Gasteiger partial charge < -0.3 is 14.2 Å². The molecule has 2 aliphatic rings. The number of nitrogens with zero attached hydrogens (tertiary/aromatic N) is 1. The number of methoxy groups -OCH3 is 2. The maximum absolute atomic E-state index is 12.4. The fraction of sp³-hybridized carbons (Fsp3) is 0.296. The van der Waals surface area contributed by atoms with Gasteiger partial charge in [-0.2, -0.15) is 0 Å². The third kappa shape index (κ3) is 3.96.